The molecule has 0 heterocycles. The molecule has 2 rings (SSSR count). The minimum absolute atomic E-state index is 0.310. The molecule has 2 aromatic carbocycles. The van der Waals surface area contributed by atoms with E-state index in [1.54, 1.807) is 36.4 Å². The van der Waals surface area contributed by atoms with Crippen LogP contribution in [0.5, 0.6) is 0 Å². The Hall–Kier alpha value is -3.80. The predicted octanol–water partition coefficient (Wildman–Crippen LogP) is 2.53. The molecule has 0 saturated carbocycles. The van der Waals surface area contributed by atoms with Gasteiger partial charge in [-0.05, 0) is 24.1 Å². The highest BCUT2D eigenvalue weighted by Crippen LogP contribution is 2.27. The highest BCUT2D eigenvalue weighted by Gasteiger charge is 2.35. The monoisotopic (exact) mass is 452 g/mol. The van der Waals surface area contributed by atoms with Crippen molar-refractivity contribution in [1.82, 2.24) is 0 Å². The van der Waals surface area contributed by atoms with Gasteiger partial charge in [-0.3, -0.25) is 4.79 Å². The molecule has 0 unspecified atom stereocenters. The third-order valence-corrected chi connectivity index (χ3v) is 4.74. The van der Waals surface area contributed by atoms with E-state index in [2.05, 4.69) is 9.68 Å². The SMILES string of the molecule is C[C@@H](C(=O)OCC(CO)(CO[N+](=O)[O-])CO[N+](=O)[O-])c1ccc(-c2ccccc2)c(F)c1. The molecule has 12 heteroatoms. The minimum Gasteiger partial charge on any atom is -0.464 e. The van der Waals surface area contributed by atoms with E-state index in [-0.39, 0.29) is 0 Å². The maximum atomic E-state index is 14.6. The van der Waals surface area contributed by atoms with Crippen LogP contribution in [0.25, 0.3) is 11.1 Å². The van der Waals surface area contributed by atoms with Crippen molar-refractivity contribution < 1.29 is 38.9 Å². The Kier molecular flexibility index (Phi) is 8.41. The van der Waals surface area contributed by atoms with E-state index < -0.39 is 59.7 Å². The van der Waals surface area contributed by atoms with Gasteiger partial charge in [-0.2, -0.15) is 0 Å². The van der Waals surface area contributed by atoms with E-state index in [9.17, 15) is 34.5 Å². The molecule has 0 radical (unpaired) electrons. The molecule has 0 spiro atoms. The van der Waals surface area contributed by atoms with Crippen LogP contribution in [0.3, 0.4) is 0 Å². The molecule has 172 valence electrons. The van der Waals surface area contributed by atoms with Crippen molar-refractivity contribution in [2.75, 3.05) is 26.4 Å². The highest BCUT2D eigenvalue weighted by atomic mass is 19.1. The van der Waals surface area contributed by atoms with Gasteiger partial charge in [-0.15, -0.1) is 20.2 Å². The molecular formula is C20H21FN2O9. The van der Waals surface area contributed by atoms with Gasteiger partial charge in [0.1, 0.15) is 25.6 Å². The second-order valence-electron chi connectivity index (χ2n) is 7.09. The van der Waals surface area contributed by atoms with Gasteiger partial charge in [0.2, 0.25) is 0 Å². The first-order valence-corrected chi connectivity index (χ1v) is 9.34. The van der Waals surface area contributed by atoms with Crippen LogP contribution in [-0.4, -0.2) is 47.7 Å². The van der Waals surface area contributed by atoms with Gasteiger partial charge >= 0.3 is 5.97 Å². The van der Waals surface area contributed by atoms with Gasteiger partial charge in [0.25, 0.3) is 10.2 Å². The molecule has 0 aliphatic rings. The number of halogens is 1. The van der Waals surface area contributed by atoms with Crippen molar-refractivity contribution in [3.8, 4) is 11.1 Å². The lowest BCUT2D eigenvalue weighted by Gasteiger charge is -2.29. The number of ether oxygens (including phenoxy) is 1. The summed E-state index contributed by atoms with van der Waals surface area (Å²) in [5, 5.41) is 28.2. The highest BCUT2D eigenvalue weighted by molar-refractivity contribution is 5.78. The molecule has 32 heavy (non-hydrogen) atoms. The average Bonchev–Trinajstić information content (AvgIpc) is 2.78. The fraction of sp³-hybridized carbons (Fsp3) is 0.350. The summed E-state index contributed by atoms with van der Waals surface area (Å²) in [5.74, 6) is -2.31. The smallest absolute Gasteiger partial charge is 0.313 e. The summed E-state index contributed by atoms with van der Waals surface area (Å²) in [6.45, 7) is -1.70. The van der Waals surface area contributed by atoms with Crippen LogP contribution in [0.15, 0.2) is 48.5 Å². The quantitative estimate of drug-likeness (QED) is 0.291. The van der Waals surface area contributed by atoms with Crippen LogP contribution in [0.4, 0.5) is 4.39 Å². The van der Waals surface area contributed by atoms with Crippen molar-refractivity contribution in [3.63, 3.8) is 0 Å². The van der Waals surface area contributed by atoms with Crippen LogP contribution >= 0.6 is 0 Å². The van der Waals surface area contributed by atoms with Gasteiger partial charge < -0.3 is 19.5 Å². The molecule has 0 bridgehead atoms. The standard InChI is InChI=1S/C20H21FN2O9/c1-14(16-7-8-17(18(21)9-16)15-5-3-2-4-6-15)19(25)30-11-20(10-24,12-31-22(26)27)13-32-23(28)29/h2-9,14,24H,10-13H2,1H3/t14-/m1/s1. The summed E-state index contributed by atoms with van der Waals surface area (Å²) in [7, 11) is 0. The van der Waals surface area contributed by atoms with Crippen LogP contribution in [0.2, 0.25) is 0 Å². The van der Waals surface area contributed by atoms with Crippen LogP contribution in [0.1, 0.15) is 18.4 Å². The van der Waals surface area contributed by atoms with E-state index in [1.165, 1.54) is 19.1 Å². The first kappa shape index (κ1) is 24.5. The van der Waals surface area contributed by atoms with E-state index in [0.29, 0.717) is 16.7 Å². The first-order valence-electron chi connectivity index (χ1n) is 9.34. The molecule has 0 aliphatic carbocycles. The predicted molar refractivity (Wildman–Crippen MR) is 107 cm³/mol. The molecule has 1 N–H and O–H groups in total. The summed E-state index contributed by atoms with van der Waals surface area (Å²) >= 11 is 0. The lowest BCUT2D eigenvalue weighted by molar-refractivity contribution is -0.772. The van der Waals surface area contributed by atoms with E-state index >= 15 is 0 Å². The number of carbonyl (C=O) groups is 1. The normalized spacial score (nSPS) is 12.0. The lowest BCUT2D eigenvalue weighted by atomic mass is 9.92. The number of esters is 1. The summed E-state index contributed by atoms with van der Waals surface area (Å²) in [6, 6.07) is 13.1. The molecule has 1 atom stereocenters. The fourth-order valence-corrected chi connectivity index (χ4v) is 2.78. The molecule has 0 saturated heterocycles. The topological polar surface area (TPSA) is 151 Å². The van der Waals surface area contributed by atoms with Crippen molar-refractivity contribution >= 4 is 5.97 Å². The van der Waals surface area contributed by atoms with Crippen LogP contribution in [-0.2, 0) is 19.2 Å². The second-order valence-corrected chi connectivity index (χ2v) is 7.09. The first-order chi connectivity index (χ1) is 15.2. The molecule has 2 aromatic rings. The van der Waals surface area contributed by atoms with Gasteiger partial charge in [0, 0.05) is 5.56 Å². The zero-order valence-electron chi connectivity index (χ0n) is 17.0. The van der Waals surface area contributed by atoms with Gasteiger partial charge in [-0.25, -0.2) is 4.39 Å². The summed E-state index contributed by atoms with van der Waals surface area (Å²) in [6.07, 6.45) is 0. The van der Waals surface area contributed by atoms with Crippen molar-refractivity contribution in [1.29, 1.82) is 0 Å². The molecule has 0 fully saturated rings. The molecule has 0 aliphatic heterocycles. The Morgan fingerprint density at radius 2 is 1.66 bits per heavy atom. The largest absolute Gasteiger partial charge is 0.464 e. The minimum atomic E-state index is -1.75. The Bertz CT molecular complexity index is 937. The number of benzene rings is 2. The third kappa shape index (κ3) is 6.60. The number of hydrogen-bond acceptors (Lipinski definition) is 9. The number of nitrogens with zero attached hydrogens (tertiary/aromatic N) is 2. The summed E-state index contributed by atoms with van der Waals surface area (Å²) in [4.78, 5) is 41.8. The maximum absolute atomic E-state index is 14.6. The van der Waals surface area contributed by atoms with Gasteiger partial charge in [-0.1, -0.05) is 42.5 Å². The van der Waals surface area contributed by atoms with Crippen molar-refractivity contribution in [2.45, 2.75) is 12.8 Å². The Labute approximate surface area is 181 Å². The van der Waals surface area contributed by atoms with Gasteiger partial charge in [0.05, 0.1) is 17.9 Å². The Morgan fingerprint density at radius 3 is 2.16 bits per heavy atom. The number of aliphatic hydroxyl groups is 1. The molecular weight excluding hydrogens is 431 g/mol. The third-order valence-electron chi connectivity index (χ3n) is 4.74. The lowest BCUT2D eigenvalue weighted by Crippen LogP contribution is -2.42. The van der Waals surface area contributed by atoms with E-state index in [4.69, 9.17) is 4.74 Å². The Morgan fingerprint density at radius 1 is 1.06 bits per heavy atom. The zero-order valence-corrected chi connectivity index (χ0v) is 17.0. The molecule has 11 nitrogen and oxygen atoms in total. The number of hydrogen-bond donors (Lipinski definition) is 1. The number of carbonyl (C=O) groups excluding carboxylic acids is 1. The number of rotatable bonds is 12. The van der Waals surface area contributed by atoms with Crippen molar-refractivity contribution in [2.24, 2.45) is 5.41 Å². The molecule has 0 amide bonds. The fourth-order valence-electron chi connectivity index (χ4n) is 2.78. The summed E-state index contributed by atoms with van der Waals surface area (Å²) < 4.78 is 19.7. The Balaban J connectivity index is 2.11. The molecule has 0 aromatic heterocycles. The second kappa shape index (κ2) is 11.0. The van der Waals surface area contributed by atoms with Crippen molar-refractivity contribution in [3.05, 3.63) is 80.1 Å². The van der Waals surface area contributed by atoms with Crippen LogP contribution < -0.4 is 0 Å². The number of aliphatic hydroxyl groups excluding tert-OH is 1. The average molecular weight is 452 g/mol. The van der Waals surface area contributed by atoms with Crippen LogP contribution in [0, 0.1) is 31.5 Å². The van der Waals surface area contributed by atoms with Gasteiger partial charge in [0.15, 0.2) is 0 Å². The maximum Gasteiger partial charge on any atom is 0.313 e. The summed E-state index contributed by atoms with van der Waals surface area (Å²) in [5.41, 5.74) is -0.429. The van der Waals surface area contributed by atoms with E-state index in [1.807, 2.05) is 0 Å². The zero-order chi connectivity index (χ0) is 23.7. The van der Waals surface area contributed by atoms with E-state index in [0.717, 1.165) is 0 Å².